The van der Waals surface area contributed by atoms with Crippen LogP contribution in [-0.2, 0) is 38.7 Å². The third-order valence-corrected chi connectivity index (χ3v) is 11.8. The molecule has 0 aromatic heterocycles. The van der Waals surface area contributed by atoms with E-state index < -0.39 is 71.2 Å². The van der Waals surface area contributed by atoms with Crippen LogP contribution in [0.3, 0.4) is 0 Å². The summed E-state index contributed by atoms with van der Waals surface area (Å²) in [5.41, 5.74) is 0. The van der Waals surface area contributed by atoms with Gasteiger partial charge in [-0.3, -0.25) is 14.1 Å². The van der Waals surface area contributed by atoms with Gasteiger partial charge in [-0.2, -0.15) is 8.42 Å². The Morgan fingerprint density at radius 1 is 0.559 bits per heavy atom. The number of allylic oxidation sites excluding steroid dienone is 2. The van der Waals surface area contributed by atoms with Gasteiger partial charge in [0, 0.05) is 12.8 Å². The van der Waals surface area contributed by atoms with Crippen molar-refractivity contribution in [3.8, 4) is 0 Å². The van der Waals surface area contributed by atoms with E-state index in [2.05, 4.69) is 26.0 Å². The fourth-order valence-electron chi connectivity index (χ4n) is 7.38. The lowest BCUT2D eigenvalue weighted by Crippen LogP contribution is -2.60. The SMILES string of the molecule is CCCCCC/C=C/CCCCCCCCCC(=O)OC[C@H](CO[C@H]1O[C@H](CS(=O)(=O)O)[C@@H](O)C(O)C1O)OC(=O)CCCCCCCCCCCCCCCCCC. The molecule has 348 valence electrons. The highest BCUT2D eigenvalue weighted by atomic mass is 32.2. The summed E-state index contributed by atoms with van der Waals surface area (Å²) in [5, 5.41) is 30.9. The predicted octanol–water partition coefficient (Wildman–Crippen LogP) is 9.84. The van der Waals surface area contributed by atoms with Crippen molar-refractivity contribution in [3.63, 3.8) is 0 Å². The van der Waals surface area contributed by atoms with Crippen molar-refractivity contribution in [1.29, 1.82) is 0 Å². The first-order valence-corrected chi connectivity index (χ1v) is 25.4. The molecule has 0 aromatic rings. The number of aliphatic hydroxyl groups is 3. The second-order valence-electron chi connectivity index (χ2n) is 16.8. The van der Waals surface area contributed by atoms with Gasteiger partial charge in [-0.15, -0.1) is 0 Å². The molecule has 13 heteroatoms. The Bertz CT molecular complexity index is 1150. The van der Waals surface area contributed by atoms with Crippen LogP contribution < -0.4 is 0 Å². The van der Waals surface area contributed by atoms with Crippen LogP contribution in [0, 0.1) is 0 Å². The normalized spacial score (nSPS) is 20.3. The van der Waals surface area contributed by atoms with Gasteiger partial charge in [-0.1, -0.05) is 174 Å². The van der Waals surface area contributed by atoms with E-state index in [1.807, 2.05) is 0 Å². The van der Waals surface area contributed by atoms with Crippen molar-refractivity contribution >= 4 is 22.1 Å². The van der Waals surface area contributed by atoms with E-state index in [0.717, 1.165) is 44.9 Å². The van der Waals surface area contributed by atoms with Gasteiger partial charge < -0.3 is 34.3 Å². The molecule has 0 aliphatic carbocycles. The molecular weight excluding hydrogens is 777 g/mol. The molecule has 0 amide bonds. The van der Waals surface area contributed by atoms with E-state index in [9.17, 15) is 37.9 Å². The number of rotatable bonds is 40. The average molecular weight is 863 g/mol. The molecule has 6 atom stereocenters. The minimum atomic E-state index is -4.60. The molecule has 4 N–H and O–H groups in total. The van der Waals surface area contributed by atoms with Gasteiger partial charge in [0.2, 0.25) is 0 Å². The third kappa shape index (κ3) is 31.8. The van der Waals surface area contributed by atoms with Crippen LogP contribution in [0.1, 0.15) is 213 Å². The van der Waals surface area contributed by atoms with E-state index in [1.165, 1.54) is 128 Å². The van der Waals surface area contributed by atoms with E-state index in [1.54, 1.807) is 0 Å². The molecule has 1 fully saturated rings. The molecule has 1 aliphatic heterocycles. The molecule has 0 bridgehead atoms. The maximum atomic E-state index is 12.8. The molecule has 1 heterocycles. The van der Waals surface area contributed by atoms with E-state index >= 15 is 0 Å². The lowest BCUT2D eigenvalue weighted by molar-refractivity contribution is -0.297. The smallest absolute Gasteiger partial charge is 0.306 e. The molecule has 12 nitrogen and oxygen atoms in total. The maximum absolute atomic E-state index is 12.8. The molecule has 1 aliphatic rings. The van der Waals surface area contributed by atoms with Crippen molar-refractivity contribution < 1.29 is 56.8 Å². The number of hydrogen-bond donors (Lipinski definition) is 4. The fraction of sp³-hybridized carbons (Fsp3) is 0.913. The Morgan fingerprint density at radius 2 is 0.966 bits per heavy atom. The van der Waals surface area contributed by atoms with Crippen molar-refractivity contribution in [2.24, 2.45) is 0 Å². The van der Waals surface area contributed by atoms with Gasteiger partial charge in [-0.25, -0.2) is 0 Å². The van der Waals surface area contributed by atoms with Crippen LogP contribution in [0.2, 0.25) is 0 Å². The summed E-state index contributed by atoms with van der Waals surface area (Å²) in [6, 6.07) is 0. The second kappa shape index (κ2) is 37.0. The van der Waals surface area contributed by atoms with Gasteiger partial charge >= 0.3 is 11.9 Å². The first-order chi connectivity index (χ1) is 28.5. The van der Waals surface area contributed by atoms with Crippen LogP contribution in [0.25, 0.3) is 0 Å². The minimum Gasteiger partial charge on any atom is -0.462 e. The zero-order valence-corrected chi connectivity index (χ0v) is 37.9. The van der Waals surface area contributed by atoms with E-state index in [-0.39, 0.29) is 19.4 Å². The Labute approximate surface area is 358 Å². The first kappa shape index (κ1) is 55.4. The van der Waals surface area contributed by atoms with Gasteiger partial charge in [0.15, 0.2) is 12.4 Å². The Kier molecular flexibility index (Phi) is 34.7. The highest BCUT2D eigenvalue weighted by molar-refractivity contribution is 7.85. The Balaban J connectivity index is 2.42. The molecule has 1 saturated heterocycles. The molecule has 59 heavy (non-hydrogen) atoms. The van der Waals surface area contributed by atoms with Crippen molar-refractivity contribution in [2.45, 2.75) is 250 Å². The number of ether oxygens (including phenoxy) is 4. The summed E-state index contributed by atoms with van der Waals surface area (Å²) in [5.74, 6) is -1.97. The Morgan fingerprint density at radius 3 is 1.42 bits per heavy atom. The van der Waals surface area contributed by atoms with Crippen molar-refractivity contribution in [1.82, 2.24) is 0 Å². The molecular formula is C46H86O12S. The highest BCUT2D eigenvalue weighted by Crippen LogP contribution is 2.24. The first-order valence-electron chi connectivity index (χ1n) is 23.7. The van der Waals surface area contributed by atoms with E-state index in [4.69, 9.17) is 18.9 Å². The average Bonchev–Trinajstić information content (AvgIpc) is 3.20. The number of hydrogen-bond acceptors (Lipinski definition) is 11. The van der Waals surface area contributed by atoms with Gasteiger partial charge in [0.05, 0.1) is 6.61 Å². The zero-order chi connectivity index (χ0) is 43.4. The lowest BCUT2D eigenvalue weighted by atomic mass is 10.00. The van der Waals surface area contributed by atoms with Gasteiger partial charge in [0.1, 0.15) is 36.8 Å². The summed E-state index contributed by atoms with van der Waals surface area (Å²) < 4.78 is 54.1. The van der Waals surface area contributed by atoms with Gasteiger partial charge in [-0.05, 0) is 38.5 Å². The minimum absolute atomic E-state index is 0.169. The number of esters is 2. The summed E-state index contributed by atoms with van der Waals surface area (Å²) in [7, 11) is -4.60. The second-order valence-corrected chi connectivity index (χ2v) is 18.3. The standard InChI is InChI=1S/C46H86O12S/c1-3-5-7-9-11-13-15-17-19-21-23-25-27-29-31-33-35-42(48)57-39(37-56-46-45(51)44(50)43(49)40(58-46)38-59(52,53)54)36-55-41(47)34-32-30-28-26-24-22-20-18-16-14-12-10-8-6-4-2/h14,16,39-40,43-46,49-51H,3-13,15,17-38H2,1-2H3,(H,52,53,54)/b16-14+/t39-,40-,43-,44?,45?,46+/m1/s1. The molecule has 0 aromatic carbocycles. The highest BCUT2D eigenvalue weighted by Gasteiger charge is 2.46. The quantitative estimate of drug-likeness (QED) is 0.0198. The summed E-state index contributed by atoms with van der Waals surface area (Å²) >= 11 is 0. The van der Waals surface area contributed by atoms with Crippen molar-refractivity contribution in [2.75, 3.05) is 19.0 Å². The maximum Gasteiger partial charge on any atom is 0.306 e. The van der Waals surface area contributed by atoms with Crippen molar-refractivity contribution in [3.05, 3.63) is 12.2 Å². The number of carbonyl (C=O) groups excluding carboxylic acids is 2. The topological polar surface area (TPSA) is 186 Å². The lowest BCUT2D eigenvalue weighted by Gasteiger charge is -2.40. The molecule has 0 radical (unpaired) electrons. The molecule has 1 rings (SSSR count). The van der Waals surface area contributed by atoms with Crippen LogP contribution in [0.4, 0.5) is 0 Å². The number of carbonyl (C=O) groups is 2. The van der Waals surface area contributed by atoms with Crippen LogP contribution in [0.5, 0.6) is 0 Å². The number of unbranched alkanes of at least 4 members (excludes halogenated alkanes) is 26. The summed E-state index contributed by atoms with van der Waals surface area (Å²) in [4.78, 5) is 25.4. The zero-order valence-electron chi connectivity index (χ0n) is 37.1. The van der Waals surface area contributed by atoms with Crippen LogP contribution in [0.15, 0.2) is 12.2 Å². The third-order valence-electron chi connectivity index (χ3n) is 11.1. The molecule has 0 saturated carbocycles. The molecule has 0 spiro atoms. The predicted molar refractivity (Wildman–Crippen MR) is 234 cm³/mol. The number of aliphatic hydroxyl groups excluding tert-OH is 3. The largest absolute Gasteiger partial charge is 0.462 e. The summed E-state index contributed by atoms with van der Waals surface area (Å²) in [6.07, 6.45) is 29.6. The van der Waals surface area contributed by atoms with E-state index in [0.29, 0.717) is 12.8 Å². The van der Waals surface area contributed by atoms with Crippen LogP contribution in [-0.4, -0.2) is 96.0 Å². The van der Waals surface area contributed by atoms with Gasteiger partial charge in [0.25, 0.3) is 10.1 Å². The fourth-order valence-corrected chi connectivity index (χ4v) is 8.07. The monoisotopic (exact) mass is 863 g/mol. The Hall–Kier alpha value is -1.61. The molecule has 2 unspecified atom stereocenters. The summed E-state index contributed by atoms with van der Waals surface area (Å²) in [6.45, 7) is 3.77. The van der Waals surface area contributed by atoms with Crippen LogP contribution >= 0.6 is 0 Å².